The average molecular weight is 366 g/mol. The molecule has 0 radical (unpaired) electrons. The van der Waals surface area contributed by atoms with E-state index >= 15 is 0 Å². The second kappa shape index (κ2) is 7.36. The van der Waals surface area contributed by atoms with Crippen LogP contribution in [0.4, 0.5) is 17.2 Å². The summed E-state index contributed by atoms with van der Waals surface area (Å²) in [6.07, 6.45) is 2.88. The van der Waals surface area contributed by atoms with Crippen molar-refractivity contribution in [2.75, 3.05) is 48.5 Å². The number of pyridine rings is 1. The van der Waals surface area contributed by atoms with Crippen molar-refractivity contribution in [3.05, 3.63) is 47.7 Å². The molecule has 2 aromatic rings. The van der Waals surface area contributed by atoms with Crippen molar-refractivity contribution >= 4 is 29.0 Å². The number of amides is 2. The predicted octanol–water partition coefficient (Wildman–Crippen LogP) is 2.08. The van der Waals surface area contributed by atoms with Gasteiger partial charge in [0.1, 0.15) is 5.82 Å². The van der Waals surface area contributed by atoms with Gasteiger partial charge in [0.25, 0.3) is 5.91 Å². The third-order valence-electron chi connectivity index (χ3n) is 5.02. The molecular formula is C20H22N4O3. The van der Waals surface area contributed by atoms with Crippen molar-refractivity contribution in [1.29, 1.82) is 0 Å². The Morgan fingerprint density at radius 2 is 2.00 bits per heavy atom. The Morgan fingerprint density at radius 3 is 2.81 bits per heavy atom. The van der Waals surface area contributed by atoms with Crippen LogP contribution in [0.5, 0.6) is 0 Å². The third kappa shape index (κ3) is 3.50. The van der Waals surface area contributed by atoms with E-state index in [1.54, 1.807) is 30.3 Å². The molecule has 0 bridgehead atoms. The fourth-order valence-electron chi connectivity index (χ4n) is 3.53. The van der Waals surface area contributed by atoms with Gasteiger partial charge in [0.15, 0.2) is 0 Å². The molecule has 7 nitrogen and oxygen atoms in total. The number of anilines is 3. The highest BCUT2D eigenvalue weighted by molar-refractivity contribution is 6.08. The number of nitrogens with one attached hydrogen (secondary N) is 1. The van der Waals surface area contributed by atoms with E-state index in [4.69, 9.17) is 4.74 Å². The highest BCUT2D eigenvalue weighted by Gasteiger charge is 2.22. The number of fused-ring (bicyclic) bond motifs is 1. The number of carbonyl (C=O) groups excluding carboxylic acids is 2. The zero-order valence-electron chi connectivity index (χ0n) is 15.3. The van der Waals surface area contributed by atoms with Crippen LogP contribution in [0.15, 0.2) is 36.5 Å². The quantitative estimate of drug-likeness (QED) is 0.900. The van der Waals surface area contributed by atoms with Crippen molar-refractivity contribution in [2.45, 2.75) is 12.8 Å². The molecular weight excluding hydrogens is 344 g/mol. The van der Waals surface area contributed by atoms with Crippen LogP contribution in [0.3, 0.4) is 0 Å². The summed E-state index contributed by atoms with van der Waals surface area (Å²) >= 11 is 0. The molecule has 0 unspecified atom stereocenters. The van der Waals surface area contributed by atoms with Gasteiger partial charge in [-0.15, -0.1) is 0 Å². The maximum Gasteiger partial charge on any atom is 0.259 e. The van der Waals surface area contributed by atoms with Gasteiger partial charge in [-0.25, -0.2) is 4.98 Å². The Hall–Kier alpha value is -2.93. The zero-order valence-corrected chi connectivity index (χ0v) is 15.3. The third-order valence-corrected chi connectivity index (χ3v) is 5.02. The van der Waals surface area contributed by atoms with Crippen LogP contribution in [0.1, 0.15) is 22.3 Å². The first-order valence-corrected chi connectivity index (χ1v) is 9.12. The minimum Gasteiger partial charge on any atom is -0.378 e. The Labute approximate surface area is 157 Å². The lowest BCUT2D eigenvalue weighted by atomic mass is 10.0. The van der Waals surface area contributed by atoms with Crippen LogP contribution in [-0.4, -0.2) is 50.1 Å². The fraction of sp³-hybridized carbons (Fsp3) is 0.350. The molecule has 27 heavy (non-hydrogen) atoms. The topological polar surface area (TPSA) is 74.8 Å². The number of carbonyl (C=O) groups is 2. The standard InChI is InChI=1S/C20H22N4O3/c1-23-17-6-5-15(13-14(17)4-7-18(23)25)22-20(26)16-3-2-8-21-19(16)24-9-11-27-12-10-24/h2-3,5-6,8,13H,4,7,9-12H2,1H3,(H,22,26). The van der Waals surface area contributed by atoms with Gasteiger partial charge in [0, 0.05) is 44.1 Å². The first-order valence-electron chi connectivity index (χ1n) is 9.12. The Kier molecular flexibility index (Phi) is 4.77. The van der Waals surface area contributed by atoms with E-state index in [0.29, 0.717) is 37.4 Å². The molecule has 2 amide bonds. The van der Waals surface area contributed by atoms with Gasteiger partial charge >= 0.3 is 0 Å². The lowest BCUT2D eigenvalue weighted by molar-refractivity contribution is -0.118. The van der Waals surface area contributed by atoms with Crippen molar-refractivity contribution in [1.82, 2.24) is 4.98 Å². The summed E-state index contributed by atoms with van der Waals surface area (Å²) in [5.74, 6) is 0.608. The Bertz CT molecular complexity index is 877. The molecule has 2 aliphatic heterocycles. The zero-order chi connectivity index (χ0) is 18.8. The smallest absolute Gasteiger partial charge is 0.259 e. The minimum absolute atomic E-state index is 0.116. The van der Waals surface area contributed by atoms with E-state index in [-0.39, 0.29) is 11.8 Å². The number of benzene rings is 1. The maximum atomic E-state index is 12.9. The molecule has 0 spiro atoms. The average Bonchev–Trinajstić information content (AvgIpc) is 2.71. The van der Waals surface area contributed by atoms with E-state index in [1.165, 1.54) is 0 Å². The highest BCUT2D eigenvalue weighted by Crippen LogP contribution is 2.29. The summed E-state index contributed by atoms with van der Waals surface area (Å²) in [5, 5.41) is 2.97. The van der Waals surface area contributed by atoms with Crippen LogP contribution in [-0.2, 0) is 16.0 Å². The number of ether oxygens (including phenoxy) is 1. The fourth-order valence-corrected chi connectivity index (χ4v) is 3.53. The van der Waals surface area contributed by atoms with Gasteiger partial charge < -0.3 is 19.9 Å². The molecule has 1 aromatic carbocycles. The van der Waals surface area contributed by atoms with Crippen LogP contribution in [0.25, 0.3) is 0 Å². The summed E-state index contributed by atoms with van der Waals surface area (Å²) in [6, 6.07) is 9.22. The number of aromatic nitrogens is 1. The SMILES string of the molecule is CN1C(=O)CCc2cc(NC(=O)c3cccnc3N3CCOCC3)ccc21. The van der Waals surface area contributed by atoms with Crippen molar-refractivity contribution in [3.63, 3.8) is 0 Å². The molecule has 140 valence electrons. The molecule has 1 N–H and O–H groups in total. The summed E-state index contributed by atoms with van der Waals surface area (Å²) in [5.41, 5.74) is 3.23. The van der Waals surface area contributed by atoms with E-state index < -0.39 is 0 Å². The van der Waals surface area contributed by atoms with Crippen molar-refractivity contribution in [3.8, 4) is 0 Å². The number of aryl methyl sites for hydroxylation is 1. The van der Waals surface area contributed by atoms with Gasteiger partial charge in [0.05, 0.1) is 18.8 Å². The van der Waals surface area contributed by atoms with E-state index in [2.05, 4.69) is 15.2 Å². The monoisotopic (exact) mass is 366 g/mol. The number of hydrogen-bond donors (Lipinski definition) is 1. The first kappa shape index (κ1) is 17.5. The van der Waals surface area contributed by atoms with E-state index in [0.717, 1.165) is 30.0 Å². The largest absolute Gasteiger partial charge is 0.378 e. The molecule has 0 saturated carbocycles. The molecule has 3 heterocycles. The summed E-state index contributed by atoms with van der Waals surface area (Å²) < 4.78 is 5.39. The number of rotatable bonds is 3. The van der Waals surface area contributed by atoms with Gasteiger partial charge in [0.2, 0.25) is 5.91 Å². The highest BCUT2D eigenvalue weighted by atomic mass is 16.5. The molecule has 1 aromatic heterocycles. The van der Waals surface area contributed by atoms with Crippen molar-refractivity contribution < 1.29 is 14.3 Å². The van der Waals surface area contributed by atoms with E-state index in [1.807, 2.05) is 18.2 Å². The lowest BCUT2D eigenvalue weighted by Gasteiger charge is -2.29. The molecule has 4 rings (SSSR count). The number of morpholine rings is 1. The van der Waals surface area contributed by atoms with Crippen LogP contribution in [0.2, 0.25) is 0 Å². The molecule has 1 saturated heterocycles. The molecule has 7 heteroatoms. The molecule has 1 fully saturated rings. The van der Waals surface area contributed by atoms with Gasteiger partial charge in [-0.1, -0.05) is 0 Å². The number of nitrogens with zero attached hydrogens (tertiary/aromatic N) is 3. The van der Waals surface area contributed by atoms with Crippen LogP contribution in [0, 0.1) is 0 Å². The lowest BCUT2D eigenvalue weighted by Crippen LogP contribution is -2.38. The number of hydrogen-bond acceptors (Lipinski definition) is 5. The first-order chi connectivity index (χ1) is 13.1. The van der Waals surface area contributed by atoms with Gasteiger partial charge in [-0.2, -0.15) is 0 Å². The summed E-state index contributed by atoms with van der Waals surface area (Å²) in [6.45, 7) is 2.70. The second-order valence-electron chi connectivity index (χ2n) is 6.72. The Morgan fingerprint density at radius 1 is 1.19 bits per heavy atom. The van der Waals surface area contributed by atoms with Gasteiger partial charge in [-0.05, 0) is 42.3 Å². The van der Waals surface area contributed by atoms with Crippen molar-refractivity contribution in [2.24, 2.45) is 0 Å². The predicted molar refractivity (Wildman–Crippen MR) is 103 cm³/mol. The van der Waals surface area contributed by atoms with E-state index in [9.17, 15) is 9.59 Å². The van der Waals surface area contributed by atoms with Gasteiger partial charge in [-0.3, -0.25) is 9.59 Å². The molecule has 0 aliphatic carbocycles. The Balaban J connectivity index is 1.56. The molecule has 0 atom stereocenters. The van der Waals surface area contributed by atoms with Crippen LogP contribution < -0.4 is 15.1 Å². The normalized spacial score (nSPS) is 16.9. The second-order valence-corrected chi connectivity index (χ2v) is 6.72. The molecule has 2 aliphatic rings. The summed E-state index contributed by atoms with van der Waals surface area (Å²) in [7, 11) is 1.78. The van der Waals surface area contributed by atoms with Crippen LogP contribution >= 0.6 is 0 Å². The summed E-state index contributed by atoms with van der Waals surface area (Å²) in [4.78, 5) is 32.9. The minimum atomic E-state index is -0.190. The maximum absolute atomic E-state index is 12.9.